The van der Waals surface area contributed by atoms with Gasteiger partial charge in [0.25, 0.3) is 0 Å². The molecule has 0 atom stereocenters. The van der Waals surface area contributed by atoms with Crippen molar-refractivity contribution in [3.05, 3.63) is 57.8 Å². The number of hydrogen-bond acceptors (Lipinski definition) is 3. The Hall–Kier alpha value is -1.59. The third-order valence-corrected chi connectivity index (χ3v) is 3.24. The van der Waals surface area contributed by atoms with E-state index < -0.39 is 5.82 Å². The molecule has 0 aliphatic carbocycles. The molecule has 0 aliphatic heterocycles. The fourth-order valence-electron chi connectivity index (χ4n) is 1.82. The molecule has 2 aromatic carbocycles. The van der Waals surface area contributed by atoms with Crippen LogP contribution in [0, 0.1) is 5.82 Å². The van der Waals surface area contributed by atoms with Gasteiger partial charge < -0.3 is 14.6 Å². The molecule has 0 unspecified atom stereocenters. The second-order valence-electron chi connectivity index (χ2n) is 4.20. The van der Waals surface area contributed by atoms with Crippen LogP contribution in [0.1, 0.15) is 11.1 Å². The zero-order chi connectivity index (χ0) is 14.5. The van der Waals surface area contributed by atoms with Gasteiger partial charge in [-0.15, -0.1) is 0 Å². The van der Waals surface area contributed by atoms with Gasteiger partial charge in [0.05, 0.1) is 13.7 Å². The van der Waals surface area contributed by atoms with Gasteiger partial charge in [-0.1, -0.05) is 15.9 Å². The molecule has 0 aromatic heterocycles. The number of ether oxygens (including phenoxy) is 2. The highest BCUT2D eigenvalue weighted by Gasteiger charge is 2.06. The lowest BCUT2D eigenvalue weighted by Crippen LogP contribution is -2.00. The van der Waals surface area contributed by atoms with Crippen molar-refractivity contribution in [2.24, 2.45) is 0 Å². The molecule has 0 aliphatic rings. The minimum absolute atomic E-state index is 0.228. The van der Waals surface area contributed by atoms with E-state index in [1.807, 2.05) is 18.2 Å². The van der Waals surface area contributed by atoms with Crippen molar-refractivity contribution >= 4 is 15.9 Å². The highest BCUT2D eigenvalue weighted by Crippen LogP contribution is 2.25. The highest BCUT2D eigenvalue weighted by molar-refractivity contribution is 9.10. The van der Waals surface area contributed by atoms with E-state index in [0.717, 1.165) is 10.0 Å². The summed E-state index contributed by atoms with van der Waals surface area (Å²) >= 11 is 3.38. The smallest absolute Gasteiger partial charge is 0.127 e. The van der Waals surface area contributed by atoms with Gasteiger partial charge in [0.1, 0.15) is 23.9 Å². The van der Waals surface area contributed by atoms with E-state index in [-0.39, 0.29) is 13.2 Å². The zero-order valence-corrected chi connectivity index (χ0v) is 12.5. The van der Waals surface area contributed by atoms with Crippen LogP contribution in [-0.4, -0.2) is 12.2 Å². The minimum atomic E-state index is -0.437. The van der Waals surface area contributed by atoms with Crippen LogP contribution in [-0.2, 0) is 13.2 Å². The first-order valence-corrected chi connectivity index (χ1v) is 6.77. The molecule has 0 heterocycles. The van der Waals surface area contributed by atoms with Gasteiger partial charge in [-0.25, -0.2) is 4.39 Å². The molecular weight excluding hydrogens is 327 g/mol. The SMILES string of the molecule is COc1ccc(Br)cc1COc1cc(F)cc(CO)c1. The molecule has 0 saturated heterocycles. The van der Waals surface area contributed by atoms with Crippen LogP contribution >= 0.6 is 15.9 Å². The summed E-state index contributed by atoms with van der Waals surface area (Å²) < 4.78 is 25.0. The van der Waals surface area contributed by atoms with E-state index in [0.29, 0.717) is 17.1 Å². The van der Waals surface area contributed by atoms with Crippen LogP contribution in [0.15, 0.2) is 40.9 Å². The largest absolute Gasteiger partial charge is 0.496 e. The lowest BCUT2D eigenvalue weighted by molar-refractivity contribution is 0.275. The van der Waals surface area contributed by atoms with E-state index in [1.165, 1.54) is 12.1 Å². The van der Waals surface area contributed by atoms with Gasteiger partial charge in [-0.3, -0.25) is 0 Å². The van der Waals surface area contributed by atoms with Crippen molar-refractivity contribution in [2.45, 2.75) is 13.2 Å². The number of halogens is 2. The fraction of sp³-hybridized carbons (Fsp3) is 0.200. The molecule has 2 aromatic rings. The van der Waals surface area contributed by atoms with Gasteiger partial charge >= 0.3 is 0 Å². The van der Waals surface area contributed by atoms with Crippen LogP contribution < -0.4 is 9.47 Å². The Morgan fingerprint density at radius 2 is 2.00 bits per heavy atom. The number of benzene rings is 2. The van der Waals surface area contributed by atoms with Gasteiger partial charge in [0, 0.05) is 16.1 Å². The molecule has 2 rings (SSSR count). The Balaban J connectivity index is 2.16. The van der Waals surface area contributed by atoms with E-state index in [4.69, 9.17) is 14.6 Å². The molecule has 20 heavy (non-hydrogen) atoms. The summed E-state index contributed by atoms with van der Waals surface area (Å²) in [7, 11) is 1.58. The van der Waals surface area contributed by atoms with E-state index in [1.54, 1.807) is 13.2 Å². The molecule has 0 fully saturated rings. The van der Waals surface area contributed by atoms with Crippen LogP contribution in [0.4, 0.5) is 4.39 Å². The second kappa shape index (κ2) is 6.72. The Labute approximate surface area is 125 Å². The predicted octanol–water partition coefficient (Wildman–Crippen LogP) is 3.67. The summed E-state index contributed by atoms with van der Waals surface area (Å²) in [6.07, 6.45) is 0. The average Bonchev–Trinajstić information content (AvgIpc) is 2.44. The van der Waals surface area contributed by atoms with Crippen molar-refractivity contribution in [3.8, 4) is 11.5 Å². The Kier molecular flexibility index (Phi) is 4.98. The standard InChI is InChI=1S/C15H14BrFO3/c1-19-15-3-2-12(16)6-11(15)9-20-14-5-10(8-18)4-13(17)7-14/h2-7,18H,8-9H2,1H3. The van der Waals surface area contributed by atoms with Crippen LogP contribution in [0.25, 0.3) is 0 Å². The van der Waals surface area contributed by atoms with Gasteiger partial charge in [-0.2, -0.15) is 0 Å². The summed E-state index contributed by atoms with van der Waals surface area (Å²) in [6.45, 7) is 0.0191. The third kappa shape index (κ3) is 3.71. The van der Waals surface area contributed by atoms with Gasteiger partial charge in [0.15, 0.2) is 0 Å². The Bertz CT molecular complexity index is 602. The summed E-state index contributed by atoms with van der Waals surface area (Å²) in [5, 5.41) is 9.04. The number of aliphatic hydroxyl groups excluding tert-OH is 1. The number of hydrogen-bond donors (Lipinski definition) is 1. The maximum absolute atomic E-state index is 13.3. The lowest BCUT2D eigenvalue weighted by Gasteiger charge is -2.11. The topological polar surface area (TPSA) is 38.7 Å². The normalized spacial score (nSPS) is 10.4. The van der Waals surface area contributed by atoms with Crippen molar-refractivity contribution < 1.29 is 19.0 Å². The first kappa shape index (κ1) is 14.8. The summed E-state index contributed by atoms with van der Waals surface area (Å²) in [4.78, 5) is 0. The molecule has 0 amide bonds. The summed E-state index contributed by atoms with van der Waals surface area (Å²) in [5.41, 5.74) is 1.32. The summed E-state index contributed by atoms with van der Waals surface area (Å²) in [5.74, 6) is 0.635. The van der Waals surface area contributed by atoms with Crippen molar-refractivity contribution in [1.29, 1.82) is 0 Å². The number of rotatable bonds is 5. The lowest BCUT2D eigenvalue weighted by atomic mass is 10.2. The van der Waals surface area contributed by atoms with Crippen LogP contribution in [0.2, 0.25) is 0 Å². The van der Waals surface area contributed by atoms with Crippen LogP contribution in [0.3, 0.4) is 0 Å². The van der Waals surface area contributed by atoms with E-state index in [9.17, 15) is 4.39 Å². The fourth-order valence-corrected chi connectivity index (χ4v) is 2.22. The first-order valence-electron chi connectivity index (χ1n) is 5.98. The quantitative estimate of drug-likeness (QED) is 0.902. The summed E-state index contributed by atoms with van der Waals surface area (Å²) in [6, 6.07) is 9.73. The monoisotopic (exact) mass is 340 g/mol. The van der Waals surface area contributed by atoms with Crippen LogP contribution in [0.5, 0.6) is 11.5 Å². The van der Waals surface area contributed by atoms with Crippen molar-refractivity contribution in [1.82, 2.24) is 0 Å². The second-order valence-corrected chi connectivity index (χ2v) is 5.11. The maximum atomic E-state index is 13.3. The molecule has 0 bridgehead atoms. The zero-order valence-electron chi connectivity index (χ0n) is 10.9. The highest BCUT2D eigenvalue weighted by atomic mass is 79.9. The number of aliphatic hydroxyl groups is 1. The van der Waals surface area contributed by atoms with E-state index in [2.05, 4.69) is 15.9 Å². The molecule has 0 saturated carbocycles. The first-order chi connectivity index (χ1) is 9.62. The molecule has 5 heteroatoms. The minimum Gasteiger partial charge on any atom is -0.496 e. The van der Waals surface area contributed by atoms with Gasteiger partial charge in [0.2, 0.25) is 0 Å². The maximum Gasteiger partial charge on any atom is 0.127 e. The van der Waals surface area contributed by atoms with Crippen molar-refractivity contribution in [2.75, 3.05) is 7.11 Å². The third-order valence-electron chi connectivity index (χ3n) is 2.75. The molecule has 3 nitrogen and oxygen atoms in total. The molecule has 106 valence electrons. The predicted molar refractivity (Wildman–Crippen MR) is 77.3 cm³/mol. The molecule has 0 spiro atoms. The van der Waals surface area contributed by atoms with Gasteiger partial charge in [-0.05, 0) is 35.9 Å². The van der Waals surface area contributed by atoms with E-state index >= 15 is 0 Å². The Morgan fingerprint density at radius 3 is 2.70 bits per heavy atom. The number of methoxy groups -OCH3 is 1. The molecule has 0 radical (unpaired) electrons. The average molecular weight is 341 g/mol. The molecule has 1 N–H and O–H groups in total. The van der Waals surface area contributed by atoms with Crippen molar-refractivity contribution in [3.63, 3.8) is 0 Å². The Morgan fingerprint density at radius 1 is 1.20 bits per heavy atom. The molecular formula is C15H14BrFO3.